The summed E-state index contributed by atoms with van der Waals surface area (Å²) in [5.41, 5.74) is 2.76. The maximum atomic E-state index is 13.4. The summed E-state index contributed by atoms with van der Waals surface area (Å²) < 4.78 is 0. The van der Waals surface area contributed by atoms with Crippen molar-refractivity contribution in [1.82, 2.24) is 10.2 Å². The van der Waals surface area contributed by atoms with Gasteiger partial charge in [-0.2, -0.15) is 0 Å². The quantitative estimate of drug-likeness (QED) is 0.393. The SMILES string of the molecule is CNC(=O)[C@H](Cc1ccccc1)N(Cc1ccccc1)C(=O)CSCc1c(Cl)cccc1Cl. The molecule has 2 amide bonds. The number of hydrogen-bond acceptors (Lipinski definition) is 3. The summed E-state index contributed by atoms with van der Waals surface area (Å²) in [7, 11) is 1.60. The summed E-state index contributed by atoms with van der Waals surface area (Å²) in [5.74, 6) is 0.405. The third-order valence-electron chi connectivity index (χ3n) is 5.25. The molecule has 0 fully saturated rings. The largest absolute Gasteiger partial charge is 0.357 e. The van der Waals surface area contributed by atoms with Crippen LogP contribution in [0.1, 0.15) is 16.7 Å². The molecule has 3 aromatic rings. The van der Waals surface area contributed by atoms with Crippen LogP contribution in [0.5, 0.6) is 0 Å². The van der Waals surface area contributed by atoms with Gasteiger partial charge in [0.15, 0.2) is 0 Å². The average Bonchev–Trinajstić information content (AvgIpc) is 2.84. The molecular formula is C26H26Cl2N2O2S. The number of nitrogens with zero attached hydrogens (tertiary/aromatic N) is 1. The van der Waals surface area contributed by atoms with Gasteiger partial charge in [0.05, 0.1) is 5.75 Å². The maximum absolute atomic E-state index is 13.4. The second-order valence-electron chi connectivity index (χ2n) is 7.52. The molecule has 4 nitrogen and oxygen atoms in total. The molecule has 3 rings (SSSR count). The number of amides is 2. The molecule has 1 atom stereocenters. The Labute approximate surface area is 209 Å². The molecule has 0 aliphatic rings. The maximum Gasteiger partial charge on any atom is 0.242 e. The fraction of sp³-hybridized carbons (Fsp3) is 0.231. The number of likely N-dealkylation sites (N-methyl/N-ethyl adjacent to an activating group) is 1. The lowest BCUT2D eigenvalue weighted by atomic mass is 10.0. The molecule has 7 heteroatoms. The molecule has 0 aliphatic heterocycles. The second-order valence-corrected chi connectivity index (χ2v) is 9.32. The number of halogens is 2. The van der Waals surface area contributed by atoms with Crippen LogP contribution in [0.25, 0.3) is 0 Å². The van der Waals surface area contributed by atoms with Gasteiger partial charge < -0.3 is 10.2 Å². The predicted octanol–water partition coefficient (Wildman–Crippen LogP) is 5.61. The van der Waals surface area contributed by atoms with E-state index in [-0.39, 0.29) is 17.6 Å². The first-order chi connectivity index (χ1) is 16.0. The minimum atomic E-state index is -0.630. The lowest BCUT2D eigenvalue weighted by molar-refractivity contribution is -0.139. The van der Waals surface area contributed by atoms with E-state index in [4.69, 9.17) is 23.2 Å². The summed E-state index contributed by atoms with van der Waals surface area (Å²) in [6.07, 6.45) is 0.431. The average molecular weight is 501 g/mol. The van der Waals surface area contributed by atoms with Gasteiger partial charge in [-0.15, -0.1) is 11.8 Å². The first kappa shape index (κ1) is 25.2. The molecule has 1 N–H and O–H groups in total. The summed E-state index contributed by atoms with van der Waals surface area (Å²) in [4.78, 5) is 28.0. The van der Waals surface area contributed by atoms with Gasteiger partial charge in [0.1, 0.15) is 6.04 Å². The van der Waals surface area contributed by atoms with E-state index in [1.807, 2.05) is 60.7 Å². The van der Waals surface area contributed by atoms with Crippen molar-refractivity contribution in [3.05, 3.63) is 106 Å². The molecule has 3 aromatic carbocycles. The molecule has 172 valence electrons. The van der Waals surface area contributed by atoms with Crippen molar-refractivity contribution < 1.29 is 9.59 Å². The van der Waals surface area contributed by atoms with Crippen molar-refractivity contribution >= 4 is 46.8 Å². The molecule has 0 heterocycles. The van der Waals surface area contributed by atoms with Crippen molar-refractivity contribution in [3.63, 3.8) is 0 Å². The Kier molecular flexibility index (Phi) is 9.67. The molecular weight excluding hydrogens is 475 g/mol. The van der Waals surface area contributed by atoms with Crippen LogP contribution < -0.4 is 5.32 Å². The highest BCUT2D eigenvalue weighted by Gasteiger charge is 2.29. The minimum Gasteiger partial charge on any atom is -0.357 e. The lowest BCUT2D eigenvalue weighted by Gasteiger charge is -2.31. The first-order valence-corrected chi connectivity index (χ1v) is 12.5. The van der Waals surface area contributed by atoms with Crippen LogP contribution in [-0.2, 0) is 28.3 Å². The van der Waals surface area contributed by atoms with Crippen LogP contribution >= 0.6 is 35.0 Å². The van der Waals surface area contributed by atoms with Gasteiger partial charge in [-0.3, -0.25) is 9.59 Å². The van der Waals surface area contributed by atoms with E-state index in [1.54, 1.807) is 30.1 Å². The monoisotopic (exact) mass is 500 g/mol. The molecule has 0 saturated carbocycles. The van der Waals surface area contributed by atoms with E-state index in [0.717, 1.165) is 16.7 Å². The Morgan fingerprint density at radius 1 is 0.879 bits per heavy atom. The third-order valence-corrected chi connectivity index (χ3v) is 6.90. The van der Waals surface area contributed by atoms with Crippen molar-refractivity contribution in [2.45, 2.75) is 24.8 Å². The van der Waals surface area contributed by atoms with Gasteiger partial charge in [-0.05, 0) is 28.8 Å². The predicted molar refractivity (Wildman–Crippen MR) is 138 cm³/mol. The zero-order valence-corrected chi connectivity index (χ0v) is 20.7. The number of hydrogen-bond donors (Lipinski definition) is 1. The van der Waals surface area contributed by atoms with Gasteiger partial charge in [0.25, 0.3) is 0 Å². The van der Waals surface area contributed by atoms with Crippen molar-refractivity contribution in [2.75, 3.05) is 12.8 Å². The van der Waals surface area contributed by atoms with Gasteiger partial charge in [0.2, 0.25) is 11.8 Å². The van der Waals surface area contributed by atoms with Crippen molar-refractivity contribution in [2.24, 2.45) is 0 Å². The van der Waals surface area contributed by atoms with Crippen LogP contribution in [0.4, 0.5) is 0 Å². The van der Waals surface area contributed by atoms with E-state index in [0.29, 0.717) is 28.8 Å². The van der Waals surface area contributed by atoms with E-state index < -0.39 is 6.04 Å². The van der Waals surface area contributed by atoms with Crippen LogP contribution in [0, 0.1) is 0 Å². The smallest absolute Gasteiger partial charge is 0.242 e. The van der Waals surface area contributed by atoms with E-state index >= 15 is 0 Å². The Hall–Kier alpha value is -2.47. The number of carbonyl (C=O) groups is 2. The molecule has 0 aliphatic carbocycles. The molecule has 0 aromatic heterocycles. The zero-order chi connectivity index (χ0) is 23.6. The highest BCUT2D eigenvalue weighted by molar-refractivity contribution is 7.99. The Morgan fingerprint density at radius 2 is 1.45 bits per heavy atom. The third kappa shape index (κ3) is 7.26. The van der Waals surface area contributed by atoms with Crippen LogP contribution in [0.15, 0.2) is 78.9 Å². The topological polar surface area (TPSA) is 49.4 Å². The van der Waals surface area contributed by atoms with Gasteiger partial charge >= 0.3 is 0 Å². The van der Waals surface area contributed by atoms with Crippen molar-refractivity contribution in [3.8, 4) is 0 Å². The van der Waals surface area contributed by atoms with E-state index in [2.05, 4.69) is 5.32 Å². The van der Waals surface area contributed by atoms with Crippen LogP contribution in [0.3, 0.4) is 0 Å². The number of carbonyl (C=O) groups excluding carboxylic acids is 2. The molecule has 0 unspecified atom stereocenters. The molecule has 0 bridgehead atoms. The molecule has 0 saturated heterocycles. The highest BCUT2D eigenvalue weighted by atomic mass is 35.5. The summed E-state index contributed by atoms with van der Waals surface area (Å²) in [6, 6.07) is 24.2. The summed E-state index contributed by atoms with van der Waals surface area (Å²) in [5, 5.41) is 3.89. The fourth-order valence-electron chi connectivity index (χ4n) is 3.49. The normalized spacial score (nSPS) is 11.6. The Balaban J connectivity index is 1.80. The standard InChI is InChI=1S/C26H26Cl2N2O2S/c1-29-26(32)24(15-19-9-4-2-5-10-19)30(16-20-11-6-3-7-12-20)25(31)18-33-17-21-22(27)13-8-14-23(21)28/h2-14,24H,15-18H2,1H3,(H,29,32)/t24-/m0/s1. The summed E-state index contributed by atoms with van der Waals surface area (Å²) in [6.45, 7) is 0.345. The fourth-order valence-corrected chi connectivity index (χ4v) is 5.14. The van der Waals surface area contributed by atoms with E-state index in [9.17, 15) is 9.59 Å². The Bertz CT molecular complexity index is 1040. The highest BCUT2D eigenvalue weighted by Crippen LogP contribution is 2.28. The van der Waals surface area contributed by atoms with Crippen LogP contribution in [-0.4, -0.2) is 35.6 Å². The Morgan fingerprint density at radius 3 is 2.03 bits per heavy atom. The number of rotatable bonds is 10. The number of nitrogens with one attached hydrogen (secondary N) is 1. The molecule has 33 heavy (non-hydrogen) atoms. The summed E-state index contributed by atoms with van der Waals surface area (Å²) >= 11 is 14.0. The van der Waals surface area contributed by atoms with Crippen molar-refractivity contribution in [1.29, 1.82) is 0 Å². The van der Waals surface area contributed by atoms with Crippen LogP contribution in [0.2, 0.25) is 10.0 Å². The minimum absolute atomic E-state index is 0.114. The van der Waals surface area contributed by atoms with Gasteiger partial charge in [-0.1, -0.05) is 89.9 Å². The lowest BCUT2D eigenvalue weighted by Crippen LogP contribution is -2.50. The zero-order valence-electron chi connectivity index (χ0n) is 18.3. The number of thioether (sulfide) groups is 1. The molecule has 0 radical (unpaired) electrons. The first-order valence-electron chi connectivity index (χ1n) is 10.6. The van der Waals surface area contributed by atoms with E-state index in [1.165, 1.54) is 11.8 Å². The second kappa shape index (κ2) is 12.7. The molecule has 0 spiro atoms. The van der Waals surface area contributed by atoms with Gasteiger partial charge in [0, 0.05) is 35.8 Å². The van der Waals surface area contributed by atoms with Gasteiger partial charge in [-0.25, -0.2) is 0 Å². The number of benzene rings is 3.